The number of carboxylic acid groups (broad SMARTS) is 1. The van der Waals surface area contributed by atoms with Gasteiger partial charge in [-0.3, -0.25) is 9.69 Å². The number of carbonyl (C=O) groups is 1. The third-order valence-corrected chi connectivity index (χ3v) is 3.87. The molecule has 0 saturated heterocycles. The van der Waals surface area contributed by atoms with E-state index in [1.54, 1.807) is 7.11 Å². The Morgan fingerprint density at radius 1 is 1.48 bits per heavy atom. The maximum Gasteiger partial charge on any atom is 0.317 e. The van der Waals surface area contributed by atoms with Gasteiger partial charge in [-0.05, 0) is 30.0 Å². The molecule has 0 atom stereocenters. The highest BCUT2D eigenvalue weighted by atomic mass is 16.5. The molecular weight excluding hydrogens is 268 g/mol. The molecule has 0 saturated carbocycles. The first-order chi connectivity index (χ1) is 10.1. The van der Waals surface area contributed by atoms with Crippen LogP contribution in [0.4, 0.5) is 5.69 Å². The molecule has 2 rings (SSSR count). The van der Waals surface area contributed by atoms with Gasteiger partial charge < -0.3 is 14.7 Å². The van der Waals surface area contributed by atoms with E-state index in [-0.39, 0.29) is 6.54 Å². The number of carboxylic acids is 1. The molecule has 1 aromatic carbocycles. The molecule has 0 spiro atoms. The van der Waals surface area contributed by atoms with Crippen molar-refractivity contribution in [2.45, 2.75) is 19.4 Å². The van der Waals surface area contributed by atoms with E-state index in [4.69, 9.17) is 9.84 Å². The highest BCUT2D eigenvalue weighted by molar-refractivity contribution is 5.69. The molecule has 0 fully saturated rings. The van der Waals surface area contributed by atoms with Crippen molar-refractivity contribution in [1.82, 2.24) is 4.90 Å². The Bertz CT molecular complexity index is 490. The molecule has 0 aliphatic carbocycles. The third kappa shape index (κ3) is 4.44. The topological polar surface area (TPSA) is 53.0 Å². The quantitative estimate of drug-likeness (QED) is 0.827. The summed E-state index contributed by atoms with van der Waals surface area (Å²) in [5.41, 5.74) is 3.83. The van der Waals surface area contributed by atoms with E-state index in [0.29, 0.717) is 19.7 Å². The van der Waals surface area contributed by atoms with E-state index in [9.17, 15) is 4.79 Å². The Balaban J connectivity index is 2.07. The van der Waals surface area contributed by atoms with E-state index in [1.165, 1.54) is 23.2 Å². The molecular formula is C16H24N2O3. The van der Waals surface area contributed by atoms with Gasteiger partial charge >= 0.3 is 5.97 Å². The first-order valence-electron chi connectivity index (χ1n) is 7.36. The van der Waals surface area contributed by atoms with Crippen LogP contribution in [0.1, 0.15) is 17.5 Å². The zero-order valence-corrected chi connectivity index (χ0v) is 12.8. The summed E-state index contributed by atoms with van der Waals surface area (Å²) in [5.74, 6) is -0.802. The Labute approximate surface area is 126 Å². The Morgan fingerprint density at radius 2 is 2.29 bits per heavy atom. The van der Waals surface area contributed by atoms with Gasteiger partial charge in [0.1, 0.15) is 0 Å². The summed E-state index contributed by atoms with van der Waals surface area (Å²) in [7, 11) is 3.75. The maximum absolute atomic E-state index is 10.9. The van der Waals surface area contributed by atoms with Gasteiger partial charge in [-0.2, -0.15) is 0 Å². The molecule has 0 amide bonds. The van der Waals surface area contributed by atoms with Crippen LogP contribution in [-0.4, -0.2) is 56.4 Å². The van der Waals surface area contributed by atoms with Crippen LogP contribution in [0.3, 0.4) is 0 Å². The number of methoxy groups -OCH3 is 1. The van der Waals surface area contributed by atoms with Gasteiger partial charge in [0.15, 0.2) is 0 Å². The molecule has 1 aliphatic rings. The van der Waals surface area contributed by atoms with Crippen molar-refractivity contribution >= 4 is 11.7 Å². The van der Waals surface area contributed by atoms with E-state index in [1.807, 2.05) is 4.90 Å². The van der Waals surface area contributed by atoms with Crippen molar-refractivity contribution in [3.05, 3.63) is 29.3 Å². The number of nitrogens with zero attached hydrogens (tertiary/aromatic N) is 2. The van der Waals surface area contributed by atoms with Crippen LogP contribution in [0, 0.1) is 0 Å². The summed E-state index contributed by atoms with van der Waals surface area (Å²) in [5, 5.41) is 9.00. The predicted octanol–water partition coefficient (Wildman–Crippen LogP) is 1.60. The molecule has 21 heavy (non-hydrogen) atoms. The summed E-state index contributed by atoms with van der Waals surface area (Å²) < 4.78 is 5.05. The van der Waals surface area contributed by atoms with Crippen molar-refractivity contribution in [3.63, 3.8) is 0 Å². The Hall–Kier alpha value is -1.59. The molecule has 1 heterocycles. The second-order valence-electron chi connectivity index (χ2n) is 5.59. The maximum atomic E-state index is 10.9. The van der Waals surface area contributed by atoms with Crippen LogP contribution in [0.25, 0.3) is 0 Å². The van der Waals surface area contributed by atoms with Crippen LogP contribution in [0.5, 0.6) is 0 Å². The van der Waals surface area contributed by atoms with Gasteiger partial charge in [-0.1, -0.05) is 12.1 Å². The zero-order valence-electron chi connectivity index (χ0n) is 12.8. The van der Waals surface area contributed by atoms with Gasteiger partial charge in [-0.25, -0.2) is 0 Å². The highest BCUT2D eigenvalue weighted by Gasteiger charge is 2.15. The van der Waals surface area contributed by atoms with Crippen molar-refractivity contribution in [3.8, 4) is 0 Å². The van der Waals surface area contributed by atoms with Gasteiger partial charge in [0.2, 0.25) is 0 Å². The first-order valence-corrected chi connectivity index (χ1v) is 7.36. The van der Waals surface area contributed by atoms with Crippen LogP contribution >= 0.6 is 0 Å². The monoisotopic (exact) mass is 292 g/mol. The number of benzene rings is 1. The van der Waals surface area contributed by atoms with E-state index in [2.05, 4.69) is 30.1 Å². The molecule has 1 N–H and O–H groups in total. The number of ether oxygens (including phenoxy) is 1. The lowest BCUT2D eigenvalue weighted by molar-refractivity contribution is -0.138. The number of aliphatic carboxylic acids is 1. The van der Waals surface area contributed by atoms with E-state index < -0.39 is 5.97 Å². The molecule has 0 radical (unpaired) electrons. The van der Waals surface area contributed by atoms with Crippen molar-refractivity contribution < 1.29 is 14.6 Å². The first kappa shape index (κ1) is 15.8. The minimum Gasteiger partial charge on any atom is -0.480 e. The van der Waals surface area contributed by atoms with Gasteiger partial charge in [0, 0.05) is 39.5 Å². The molecule has 0 unspecified atom stereocenters. The highest BCUT2D eigenvalue weighted by Crippen LogP contribution is 2.27. The molecule has 1 aliphatic heterocycles. The fourth-order valence-corrected chi connectivity index (χ4v) is 2.82. The number of hydrogen-bond acceptors (Lipinski definition) is 4. The van der Waals surface area contributed by atoms with Crippen LogP contribution in [-0.2, 0) is 22.5 Å². The van der Waals surface area contributed by atoms with Crippen LogP contribution in [0.2, 0.25) is 0 Å². The molecule has 116 valence electrons. The summed E-state index contributed by atoms with van der Waals surface area (Å²) in [6.07, 6.45) is 2.28. The summed E-state index contributed by atoms with van der Waals surface area (Å²) in [6, 6.07) is 6.47. The standard InChI is InChI=1S/C16H24N2O3/c1-17-7-3-4-14-10-13(5-6-15(14)17)11-18(8-9-21-2)12-16(19)20/h5-6,10H,3-4,7-9,11-12H2,1-2H3,(H,19,20). The number of anilines is 1. The number of fused-ring (bicyclic) bond motifs is 1. The van der Waals surface area contributed by atoms with Gasteiger partial charge in [0.25, 0.3) is 0 Å². The zero-order chi connectivity index (χ0) is 15.2. The second-order valence-corrected chi connectivity index (χ2v) is 5.59. The van der Waals surface area contributed by atoms with Crippen molar-refractivity contribution in [2.24, 2.45) is 0 Å². The predicted molar refractivity (Wildman–Crippen MR) is 82.8 cm³/mol. The minimum absolute atomic E-state index is 0.0420. The minimum atomic E-state index is -0.802. The Kier molecular flexibility index (Phi) is 5.59. The van der Waals surface area contributed by atoms with Gasteiger partial charge in [-0.15, -0.1) is 0 Å². The number of rotatable bonds is 7. The SMILES string of the molecule is COCCN(CC(=O)O)Cc1ccc2c(c1)CCCN2C. The van der Waals surface area contributed by atoms with Crippen molar-refractivity contribution in [2.75, 3.05) is 45.3 Å². The van der Waals surface area contributed by atoms with Crippen LogP contribution < -0.4 is 4.90 Å². The molecule has 0 bridgehead atoms. The van der Waals surface area contributed by atoms with E-state index in [0.717, 1.165) is 13.0 Å². The van der Waals surface area contributed by atoms with E-state index >= 15 is 0 Å². The van der Waals surface area contributed by atoms with Crippen LogP contribution in [0.15, 0.2) is 18.2 Å². The second kappa shape index (κ2) is 7.43. The average Bonchev–Trinajstić information content (AvgIpc) is 2.44. The largest absolute Gasteiger partial charge is 0.480 e. The lowest BCUT2D eigenvalue weighted by atomic mass is 9.99. The molecule has 5 heteroatoms. The van der Waals surface area contributed by atoms with Crippen molar-refractivity contribution in [1.29, 1.82) is 0 Å². The van der Waals surface area contributed by atoms with Gasteiger partial charge in [0.05, 0.1) is 13.2 Å². The Morgan fingerprint density at radius 3 is 3.00 bits per heavy atom. The normalized spacial score (nSPS) is 14.3. The number of hydrogen-bond donors (Lipinski definition) is 1. The fraction of sp³-hybridized carbons (Fsp3) is 0.562. The lowest BCUT2D eigenvalue weighted by Gasteiger charge is -2.28. The summed E-state index contributed by atoms with van der Waals surface area (Å²) in [4.78, 5) is 15.1. The summed E-state index contributed by atoms with van der Waals surface area (Å²) >= 11 is 0. The lowest BCUT2D eigenvalue weighted by Crippen LogP contribution is -2.32. The molecule has 0 aromatic heterocycles. The molecule has 1 aromatic rings. The molecule has 5 nitrogen and oxygen atoms in total. The third-order valence-electron chi connectivity index (χ3n) is 3.87. The smallest absolute Gasteiger partial charge is 0.317 e. The average molecular weight is 292 g/mol. The number of aryl methyl sites for hydroxylation is 1. The summed E-state index contributed by atoms with van der Waals surface area (Å²) in [6.45, 7) is 2.96. The fourth-order valence-electron chi connectivity index (χ4n) is 2.82.